The monoisotopic (exact) mass is 353 g/mol. The second kappa shape index (κ2) is 7.91. The highest BCUT2D eigenvalue weighted by molar-refractivity contribution is 5.97. The molecule has 6 nitrogen and oxygen atoms in total. The molecule has 1 saturated heterocycles. The Kier molecular flexibility index (Phi) is 5.41. The Bertz CT molecular complexity index is 779. The second-order valence-electron chi connectivity index (χ2n) is 6.36. The van der Waals surface area contributed by atoms with Crippen molar-refractivity contribution < 1.29 is 14.3 Å². The minimum atomic E-state index is -0.272. The Morgan fingerprint density at radius 1 is 1.19 bits per heavy atom. The first-order valence-electron chi connectivity index (χ1n) is 8.63. The van der Waals surface area contributed by atoms with Gasteiger partial charge in [0.15, 0.2) is 0 Å². The molecule has 0 unspecified atom stereocenters. The summed E-state index contributed by atoms with van der Waals surface area (Å²) in [6.07, 6.45) is 0.282. The minimum absolute atomic E-state index is 0.0142. The van der Waals surface area contributed by atoms with Gasteiger partial charge in [-0.05, 0) is 24.6 Å². The highest BCUT2D eigenvalue weighted by Gasteiger charge is 2.32. The normalized spacial score (nSPS) is 17.7. The first-order valence-corrected chi connectivity index (χ1v) is 8.63. The average Bonchev–Trinajstić information content (AvgIpc) is 3.02. The third-order valence-corrected chi connectivity index (χ3v) is 4.47. The van der Waals surface area contributed by atoms with Gasteiger partial charge in [0.25, 0.3) is 0 Å². The summed E-state index contributed by atoms with van der Waals surface area (Å²) in [5.74, 6) is 0.681. The number of carbonyl (C=O) groups excluding carboxylic acids is 2. The van der Waals surface area contributed by atoms with E-state index in [2.05, 4.69) is 10.6 Å². The number of carbonyl (C=O) groups is 2. The van der Waals surface area contributed by atoms with Gasteiger partial charge in [-0.3, -0.25) is 4.79 Å². The van der Waals surface area contributed by atoms with Gasteiger partial charge in [-0.2, -0.15) is 0 Å². The molecule has 0 saturated carbocycles. The van der Waals surface area contributed by atoms with E-state index >= 15 is 0 Å². The van der Waals surface area contributed by atoms with Crippen molar-refractivity contribution in [2.75, 3.05) is 18.6 Å². The summed E-state index contributed by atoms with van der Waals surface area (Å²) in [7, 11) is 1.59. The molecule has 1 aliphatic heterocycles. The Morgan fingerprint density at radius 3 is 2.69 bits per heavy atom. The summed E-state index contributed by atoms with van der Waals surface area (Å²) in [5, 5.41) is 5.81. The first kappa shape index (κ1) is 17.8. The van der Waals surface area contributed by atoms with Crippen molar-refractivity contribution in [3.63, 3.8) is 0 Å². The van der Waals surface area contributed by atoms with E-state index in [1.165, 1.54) is 0 Å². The van der Waals surface area contributed by atoms with Crippen molar-refractivity contribution in [3.05, 3.63) is 60.2 Å². The second-order valence-corrected chi connectivity index (χ2v) is 6.36. The molecular weight excluding hydrogens is 330 g/mol. The van der Waals surface area contributed by atoms with Crippen LogP contribution in [-0.4, -0.2) is 31.6 Å². The first-order chi connectivity index (χ1) is 12.6. The largest absolute Gasteiger partial charge is 0.497 e. The van der Waals surface area contributed by atoms with E-state index < -0.39 is 0 Å². The van der Waals surface area contributed by atoms with Crippen LogP contribution in [0.25, 0.3) is 0 Å². The molecule has 0 bridgehead atoms. The van der Waals surface area contributed by atoms with Crippen LogP contribution in [0.2, 0.25) is 0 Å². The zero-order valence-corrected chi connectivity index (χ0v) is 14.9. The maximum Gasteiger partial charge on any atom is 0.315 e. The summed E-state index contributed by atoms with van der Waals surface area (Å²) in [6.45, 7) is 2.37. The summed E-state index contributed by atoms with van der Waals surface area (Å²) < 4.78 is 5.21. The number of benzene rings is 2. The van der Waals surface area contributed by atoms with Crippen molar-refractivity contribution in [3.8, 4) is 5.75 Å². The third-order valence-electron chi connectivity index (χ3n) is 4.47. The van der Waals surface area contributed by atoms with E-state index in [9.17, 15) is 9.59 Å². The molecule has 3 amide bonds. The van der Waals surface area contributed by atoms with Crippen LogP contribution < -0.4 is 20.3 Å². The number of hydrogen-bond donors (Lipinski definition) is 2. The quantitative estimate of drug-likeness (QED) is 0.868. The van der Waals surface area contributed by atoms with Crippen molar-refractivity contribution in [2.45, 2.75) is 25.4 Å². The number of rotatable bonds is 5. The van der Waals surface area contributed by atoms with Crippen LogP contribution in [0, 0.1) is 0 Å². The standard InChI is InChI=1S/C20H23N3O3/c1-14(15-7-4-3-5-8-15)21-20(25)22-16-11-19(24)23(13-16)17-9-6-10-18(12-17)26-2/h3-10,12,14,16H,11,13H2,1-2H3,(H2,21,22,25)/t14-,16-/m0/s1. The molecule has 0 aromatic heterocycles. The lowest BCUT2D eigenvalue weighted by molar-refractivity contribution is -0.117. The molecule has 0 radical (unpaired) electrons. The molecule has 3 rings (SSSR count). The third kappa shape index (κ3) is 4.14. The minimum Gasteiger partial charge on any atom is -0.497 e. The Labute approximate surface area is 153 Å². The zero-order chi connectivity index (χ0) is 18.5. The van der Waals surface area contributed by atoms with Gasteiger partial charge in [0.05, 0.1) is 19.2 Å². The average molecular weight is 353 g/mol. The van der Waals surface area contributed by atoms with Crippen molar-refractivity contribution in [1.82, 2.24) is 10.6 Å². The molecule has 0 aliphatic carbocycles. The van der Waals surface area contributed by atoms with E-state index in [4.69, 9.17) is 4.74 Å². The maximum absolute atomic E-state index is 12.3. The molecular formula is C20H23N3O3. The number of anilines is 1. The van der Waals surface area contributed by atoms with Crippen LogP contribution in [0.5, 0.6) is 5.75 Å². The smallest absolute Gasteiger partial charge is 0.315 e. The molecule has 1 aliphatic rings. The summed E-state index contributed by atoms with van der Waals surface area (Å²) in [5.41, 5.74) is 1.81. The van der Waals surface area contributed by atoms with E-state index in [1.54, 1.807) is 12.0 Å². The van der Waals surface area contributed by atoms with Gasteiger partial charge in [-0.25, -0.2) is 4.79 Å². The molecule has 136 valence electrons. The Hall–Kier alpha value is -3.02. The highest BCUT2D eigenvalue weighted by Crippen LogP contribution is 2.25. The number of hydrogen-bond acceptors (Lipinski definition) is 3. The van der Waals surface area contributed by atoms with E-state index in [0.717, 1.165) is 11.3 Å². The number of urea groups is 1. The number of methoxy groups -OCH3 is 1. The predicted octanol–water partition coefficient (Wildman–Crippen LogP) is 2.86. The van der Waals surface area contributed by atoms with Gasteiger partial charge in [-0.15, -0.1) is 0 Å². The van der Waals surface area contributed by atoms with Gasteiger partial charge in [-0.1, -0.05) is 36.4 Å². The molecule has 2 aromatic rings. The predicted molar refractivity (Wildman–Crippen MR) is 100 cm³/mol. The number of nitrogens with zero attached hydrogens (tertiary/aromatic N) is 1. The van der Waals surface area contributed by atoms with Crippen molar-refractivity contribution >= 4 is 17.6 Å². The molecule has 6 heteroatoms. The Morgan fingerprint density at radius 2 is 1.96 bits per heavy atom. The SMILES string of the molecule is COc1cccc(N2C[C@@H](NC(=O)N[C@@H](C)c3ccccc3)CC2=O)c1. The van der Waals surface area contributed by atoms with Crippen molar-refractivity contribution in [1.29, 1.82) is 0 Å². The van der Waals surface area contributed by atoms with Gasteiger partial charge in [0.1, 0.15) is 5.75 Å². The van der Waals surface area contributed by atoms with E-state index in [1.807, 2.05) is 61.5 Å². The lowest BCUT2D eigenvalue weighted by Crippen LogP contribution is -2.44. The molecule has 2 aromatic carbocycles. The molecule has 26 heavy (non-hydrogen) atoms. The van der Waals surface area contributed by atoms with Crippen LogP contribution in [0.15, 0.2) is 54.6 Å². The number of nitrogens with one attached hydrogen (secondary N) is 2. The lowest BCUT2D eigenvalue weighted by atomic mass is 10.1. The van der Waals surface area contributed by atoms with Crippen LogP contribution in [-0.2, 0) is 4.79 Å². The summed E-state index contributed by atoms with van der Waals surface area (Å²) in [6, 6.07) is 16.5. The molecule has 0 spiro atoms. The fourth-order valence-corrected chi connectivity index (χ4v) is 3.08. The van der Waals surface area contributed by atoms with Crippen LogP contribution in [0.4, 0.5) is 10.5 Å². The molecule has 1 heterocycles. The maximum atomic E-state index is 12.3. The van der Waals surface area contributed by atoms with Gasteiger partial charge in [0.2, 0.25) is 5.91 Å². The van der Waals surface area contributed by atoms with Crippen LogP contribution in [0.3, 0.4) is 0 Å². The highest BCUT2D eigenvalue weighted by atomic mass is 16.5. The van der Waals surface area contributed by atoms with Gasteiger partial charge < -0.3 is 20.3 Å². The molecule has 2 N–H and O–H groups in total. The summed E-state index contributed by atoms with van der Waals surface area (Å²) in [4.78, 5) is 26.3. The molecule has 1 fully saturated rings. The van der Waals surface area contributed by atoms with E-state index in [0.29, 0.717) is 12.3 Å². The summed E-state index contributed by atoms with van der Waals surface area (Å²) >= 11 is 0. The van der Waals surface area contributed by atoms with Gasteiger partial charge >= 0.3 is 6.03 Å². The number of amides is 3. The Balaban J connectivity index is 1.57. The topological polar surface area (TPSA) is 70.7 Å². The van der Waals surface area contributed by atoms with Crippen molar-refractivity contribution in [2.24, 2.45) is 0 Å². The number of ether oxygens (including phenoxy) is 1. The van der Waals surface area contributed by atoms with Crippen LogP contribution in [0.1, 0.15) is 24.9 Å². The fraction of sp³-hybridized carbons (Fsp3) is 0.300. The van der Waals surface area contributed by atoms with Gasteiger partial charge in [0, 0.05) is 24.7 Å². The fourth-order valence-electron chi connectivity index (χ4n) is 3.08. The lowest BCUT2D eigenvalue weighted by Gasteiger charge is -2.19. The molecule has 2 atom stereocenters. The van der Waals surface area contributed by atoms with Crippen LogP contribution >= 0.6 is 0 Å². The zero-order valence-electron chi connectivity index (χ0n) is 14.9. The van der Waals surface area contributed by atoms with E-state index in [-0.39, 0.29) is 30.4 Å².